The Hall–Kier alpha value is -0.850. The lowest BCUT2D eigenvalue weighted by molar-refractivity contribution is -0.138. The molecule has 2 fully saturated rings. The average molecular weight is 362 g/mol. The topological polar surface area (TPSA) is 70.7 Å². The third kappa shape index (κ3) is 6.95. The number of nitrogens with zero attached hydrogens (tertiary/aromatic N) is 1. The first-order chi connectivity index (χ1) is 11.2. The zero-order chi connectivity index (χ0) is 16.5. The van der Waals surface area contributed by atoms with Gasteiger partial charge in [-0.15, -0.1) is 12.4 Å². The van der Waals surface area contributed by atoms with Crippen molar-refractivity contribution in [1.29, 1.82) is 0 Å². The summed E-state index contributed by atoms with van der Waals surface area (Å²) in [5.74, 6) is 0.539. The van der Waals surface area contributed by atoms with Crippen molar-refractivity contribution in [3.63, 3.8) is 0 Å². The van der Waals surface area contributed by atoms with Crippen molar-refractivity contribution in [1.82, 2.24) is 15.5 Å². The maximum absolute atomic E-state index is 12.2. The van der Waals surface area contributed by atoms with E-state index in [4.69, 9.17) is 4.74 Å². The Balaban J connectivity index is 0.00000288. The normalized spacial score (nSPS) is 23.6. The Labute approximate surface area is 151 Å². The Morgan fingerprint density at radius 1 is 1.29 bits per heavy atom. The molecule has 0 spiro atoms. The van der Waals surface area contributed by atoms with E-state index in [-0.39, 0.29) is 36.9 Å². The highest BCUT2D eigenvalue weighted by atomic mass is 35.5. The first-order valence-corrected chi connectivity index (χ1v) is 9.07. The molecule has 0 aromatic carbocycles. The van der Waals surface area contributed by atoms with Gasteiger partial charge in [-0.3, -0.25) is 9.59 Å². The summed E-state index contributed by atoms with van der Waals surface area (Å²) in [6.45, 7) is 6.09. The van der Waals surface area contributed by atoms with E-state index in [9.17, 15) is 9.59 Å². The molecular formula is C17H32ClN3O3. The van der Waals surface area contributed by atoms with Crippen LogP contribution in [0, 0.1) is 5.92 Å². The summed E-state index contributed by atoms with van der Waals surface area (Å²) >= 11 is 0. The van der Waals surface area contributed by atoms with Gasteiger partial charge in [0.2, 0.25) is 11.8 Å². The number of halogens is 1. The van der Waals surface area contributed by atoms with Crippen LogP contribution in [0.15, 0.2) is 0 Å². The van der Waals surface area contributed by atoms with Crippen LogP contribution in [-0.4, -0.2) is 62.1 Å². The maximum atomic E-state index is 12.2. The number of carbonyl (C=O) groups is 2. The molecule has 2 heterocycles. The molecule has 0 aromatic rings. The monoisotopic (exact) mass is 361 g/mol. The van der Waals surface area contributed by atoms with Crippen LogP contribution in [0.4, 0.5) is 0 Å². The van der Waals surface area contributed by atoms with E-state index in [1.807, 2.05) is 4.90 Å². The van der Waals surface area contributed by atoms with Crippen LogP contribution in [0.1, 0.15) is 45.4 Å². The minimum Gasteiger partial charge on any atom is -0.372 e. The fourth-order valence-electron chi connectivity index (χ4n) is 3.23. The standard InChI is InChI=1S/C17H31N3O3.ClH/c1-2-3-10-23-13-16(21)20-9-5-6-14(12-20)11-19-17(22)15-7-4-8-18-15;/h14-15,18H,2-13H2,1H3,(H,19,22);1H. The van der Waals surface area contributed by atoms with Crippen molar-refractivity contribution in [2.75, 3.05) is 39.4 Å². The molecule has 0 saturated carbocycles. The molecule has 0 radical (unpaired) electrons. The molecule has 0 aromatic heterocycles. The Morgan fingerprint density at radius 3 is 2.83 bits per heavy atom. The van der Waals surface area contributed by atoms with Crippen LogP contribution in [-0.2, 0) is 14.3 Å². The minimum atomic E-state index is -0.0247. The highest BCUT2D eigenvalue weighted by molar-refractivity contribution is 5.85. The molecule has 2 saturated heterocycles. The number of carbonyl (C=O) groups excluding carboxylic acids is 2. The van der Waals surface area contributed by atoms with Crippen LogP contribution in [0.3, 0.4) is 0 Å². The molecule has 2 unspecified atom stereocenters. The highest BCUT2D eigenvalue weighted by Crippen LogP contribution is 2.16. The molecule has 140 valence electrons. The quantitative estimate of drug-likeness (QED) is 0.640. The first kappa shape index (κ1) is 21.2. The second kappa shape index (κ2) is 11.7. The number of likely N-dealkylation sites (tertiary alicyclic amines) is 1. The summed E-state index contributed by atoms with van der Waals surface area (Å²) in [4.78, 5) is 26.1. The van der Waals surface area contributed by atoms with Gasteiger partial charge in [-0.05, 0) is 44.6 Å². The molecule has 2 N–H and O–H groups in total. The average Bonchev–Trinajstić information content (AvgIpc) is 3.11. The number of hydrogen-bond donors (Lipinski definition) is 2. The second-order valence-electron chi connectivity index (χ2n) is 6.65. The Morgan fingerprint density at radius 2 is 2.12 bits per heavy atom. The number of piperidine rings is 1. The highest BCUT2D eigenvalue weighted by Gasteiger charge is 2.26. The van der Waals surface area contributed by atoms with Crippen LogP contribution >= 0.6 is 12.4 Å². The molecule has 7 heteroatoms. The molecule has 0 bridgehead atoms. The molecule has 2 aliphatic heterocycles. The first-order valence-electron chi connectivity index (χ1n) is 9.07. The fourth-order valence-corrected chi connectivity index (χ4v) is 3.23. The lowest BCUT2D eigenvalue weighted by atomic mass is 9.97. The van der Waals surface area contributed by atoms with Crippen LogP contribution in [0.2, 0.25) is 0 Å². The van der Waals surface area contributed by atoms with Crippen molar-refractivity contribution < 1.29 is 14.3 Å². The van der Waals surface area contributed by atoms with Crippen molar-refractivity contribution >= 4 is 24.2 Å². The van der Waals surface area contributed by atoms with E-state index < -0.39 is 0 Å². The van der Waals surface area contributed by atoms with Gasteiger partial charge in [-0.1, -0.05) is 13.3 Å². The number of unbranched alkanes of at least 4 members (excludes halogenated alkanes) is 1. The molecule has 2 aliphatic rings. The zero-order valence-corrected chi connectivity index (χ0v) is 15.5. The van der Waals surface area contributed by atoms with Gasteiger partial charge in [0.05, 0.1) is 6.04 Å². The van der Waals surface area contributed by atoms with Crippen LogP contribution in [0.25, 0.3) is 0 Å². The SMILES string of the molecule is CCCCOCC(=O)N1CCCC(CNC(=O)C2CCCN2)C1.Cl. The van der Waals surface area contributed by atoms with Crippen molar-refractivity contribution in [2.24, 2.45) is 5.92 Å². The number of hydrogen-bond acceptors (Lipinski definition) is 4. The van der Waals surface area contributed by atoms with Crippen molar-refractivity contribution in [3.05, 3.63) is 0 Å². The van der Waals surface area contributed by atoms with Gasteiger partial charge in [-0.25, -0.2) is 0 Å². The predicted molar refractivity (Wildman–Crippen MR) is 96.3 cm³/mol. The lowest BCUT2D eigenvalue weighted by Gasteiger charge is -2.33. The lowest BCUT2D eigenvalue weighted by Crippen LogP contribution is -2.47. The fraction of sp³-hybridized carbons (Fsp3) is 0.882. The summed E-state index contributed by atoms with van der Waals surface area (Å²) in [5.41, 5.74) is 0. The van der Waals surface area contributed by atoms with E-state index in [0.717, 1.165) is 58.2 Å². The van der Waals surface area contributed by atoms with Gasteiger partial charge < -0.3 is 20.3 Å². The third-order valence-electron chi connectivity index (χ3n) is 4.68. The van der Waals surface area contributed by atoms with E-state index in [0.29, 0.717) is 19.1 Å². The molecule has 2 atom stereocenters. The predicted octanol–water partition coefficient (Wildman–Crippen LogP) is 1.33. The summed E-state index contributed by atoms with van der Waals surface area (Å²) in [5, 5.41) is 6.25. The number of nitrogens with one attached hydrogen (secondary N) is 2. The summed E-state index contributed by atoms with van der Waals surface area (Å²) in [7, 11) is 0. The van der Waals surface area contributed by atoms with Crippen LogP contribution in [0.5, 0.6) is 0 Å². The number of amides is 2. The van der Waals surface area contributed by atoms with Gasteiger partial charge in [0.1, 0.15) is 6.61 Å². The summed E-state index contributed by atoms with van der Waals surface area (Å²) in [6, 6.07) is -0.0247. The Bertz CT molecular complexity index is 389. The van der Waals surface area contributed by atoms with Crippen molar-refractivity contribution in [2.45, 2.75) is 51.5 Å². The number of ether oxygens (including phenoxy) is 1. The van der Waals surface area contributed by atoms with E-state index in [1.54, 1.807) is 0 Å². The van der Waals surface area contributed by atoms with E-state index in [1.165, 1.54) is 0 Å². The van der Waals surface area contributed by atoms with Gasteiger partial charge in [-0.2, -0.15) is 0 Å². The van der Waals surface area contributed by atoms with Crippen LogP contribution < -0.4 is 10.6 Å². The maximum Gasteiger partial charge on any atom is 0.248 e. The Kier molecular flexibility index (Phi) is 10.3. The molecular weight excluding hydrogens is 330 g/mol. The molecule has 0 aliphatic carbocycles. The summed E-state index contributed by atoms with van der Waals surface area (Å²) in [6.07, 6.45) is 6.15. The van der Waals surface area contributed by atoms with Crippen molar-refractivity contribution in [3.8, 4) is 0 Å². The molecule has 2 rings (SSSR count). The number of rotatable bonds is 8. The largest absolute Gasteiger partial charge is 0.372 e. The molecule has 2 amide bonds. The van der Waals surface area contributed by atoms with Gasteiger partial charge in [0, 0.05) is 26.2 Å². The molecule has 24 heavy (non-hydrogen) atoms. The minimum absolute atomic E-state index is 0. The third-order valence-corrected chi connectivity index (χ3v) is 4.68. The van der Waals surface area contributed by atoms with E-state index >= 15 is 0 Å². The van der Waals surface area contributed by atoms with Gasteiger partial charge in [0.15, 0.2) is 0 Å². The summed E-state index contributed by atoms with van der Waals surface area (Å²) < 4.78 is 5.42. The van der Waals surface area contributed by atoms with E-state index in [2.05, 4.69) is 17.6 Å². The molecule has 6 nitrogen and oxygen atoms in total. The van der Waals surface area contributed by atoms with Gasteiger partial charge >= 0.3 is 0 Å². The smallest absolute Gasteiger partial charge is 0.248 e. The van der Waals surface area contributed by atoms with Gasteiger partial charge in [0.25, 0.3) is 0 Å². The zero-order valence-electron chi connectivity index (χ0n) is 14.7. The second-order valence-corrected chi connectivity index (χ2v) is 6.65.